The van der Waals surface area contributed by atoms with Crippen molar-refractivity contribution in [1.82, 2.24) is 0 Å². The van der Waals surface area contributed by atoms with E-state index in [4.69, 9.17) is 23.1 Å². The van der Waals surface area contributed by atoms with Crippen molar-refractivity contribution in [1.29, 1.82) is 0 Å². The van der Waals surface area contributed by atoms with Crippen molar-refractivity contribution in [3.63, 3.8) is 0 Å². The molecule has 1 aromatic rings. The van der Waals surface area contributed by atoms with E-state index in [1.165, 1.54) is 0 Å². The Hall–Kier alpha value is -0.929. The molecule has 5 atom stereocenters. The fourth-order valence-corrected chi connectivity index (χ4v) is 13.6. The van der Waals surface area contributed by atoms with E-state index in [2.05, 4.69) is 126 Å². The fourth-order valence-electron chi connectivity index (χ4n) is 6.38. The van der Waals surface area contributed by atoms with Gasteiger partial charge >= 0.3 is 0 Å². The summed E-state index contributed by atoms with van der Waals surface area (Å²) in [5, 5.41) is 0.125. The average Bonchev–Trinajstić information content (AvgIpc) is 2.89. The maximum atomic E-state index is 7.59. The average molecular weight is 663 g/mol. The lowest BCUT2D eigenvalue weighted by atomic mass is 9.87. The van der Waals surface area contributed by atoms with E-state index in [-0.39, 0.29) is 35.4 Å². The summed E-state index contributed by atoms with van der Waals surface area (Å²) in [6.45, 7) is 35.8. The minimum absolute atomic E-state index is 0.0856. The first-order chi connectivity index (χ1) is 20.2. The van der Waals surface area contributed by atoms with E-state index >= 15 is 0 Å². The van der Waals surface area contributed by atoms with Crippen LogP contribution in [0.3, 0.4) is 0 Å². The number of ether oxygens (including phenoxy) is 3. The summed E-state index contributed by atoms with van der Waals surface area (Å²) in [6, 6.07) is 8.17. The Morgan fingerprint density at radius 3 is 1.84 bits per heavy atom. The first-order valence-electron chi connectivity index (χ1n) is 16.9. The van der Waals surface area contributed by atoms with Gasteiger partial charge in [0.15, 0.2) is 8.32 Å². The molecule has 252 valence electrons. The van der Waals surface area contributed by atoms with Gasteiger partial charge in [0.05, 0.1) is 44.7 Å². The molecule has 0 amide bonds. The summed E-state index contributed by atoms with van der Waals surface area (Å²) in [6.07, 6.45) is -0.00832. The largest absolute Gasteiger partial charge is 0.497 e. The molecular formula is C36H66O5Si3. The maximum absolute atomic E-state index is 7.59. The molecule has 0 radical (unpaired) electrons. The molecule has 1 saturated heterocycles. The minimum atomic E-state index is -2.26. The van der Waals surface area contributed by atoms with Crippen LogP contribution in [0.5, 0.6) is 5.75 Å². The Labute approximate surface area is 274 Å². The lowest BCUT2D eigenvalue weighted by Gasteiger charge is -2.52. The van der Waals surface area contributed by atoms with Crippen LogP contribution in [-0.2, 0) is 24.9 Å². The molecule has 5 nitrogen and oxygen atoms in total. The molecule has 44 heavy (non-hydrogen) atoms. The van der Waals surface area contributed by atoms with Crippen LogP contribution >= 0.6 is 0 Å². The van der Waals surface area contributed by atoms with Gasteiger partial charge in [0.1, 0.15) is 13.8 Å². The topological polar surface area (TPSA) is 46.2 Å². The van der Waals surface area contributed by atoms with Gasteiger partial charge in [-0.05, 0) is 52.5 Å². The van der Waals surface area contributed by atoms with Gasteiger partial charge in [0.2, 0.25) is 8.32 Å². The van der Waals surface area contributed by atoms with Crippen LogP contribution in [0.1, 0.15) is 81.2 Å². The van der Waals surface area contributed by atoms with Crippen molar-refractivity contribution in [2.45, 2.75) is 161 Å². The van der Waals surface area contributed by atoms with Crippen molar-refractivity contribution >= 4 is 24.7 Å². The Morgan fingerprint density at radius 1 is 0.841 bits per heavy atom. The van der Waals surface area contributed by atoms with Crippen LogP contribution < -0.4 is 4.74 Å². The predicted octanol–water partition coefficient (Wildman–Crippen LogP) is 9.84. The molecule has 2 rings (SSSR count). The Bertz CT molecular complexity index is 1050. The molecule has 0 saturated carbocycles. The van der Waals surface area contributed by atoms with Crippen LogP contribution in [0, 0.1) is 17.4 Å². The second-order valence-electron chi connectivity index (χ2n) is 16.4. The van der Waals surface area contributed by atoms with Crippen molar-refractivity contribution < 1.29 is 23.1 Å². The highest BCUT2D eigenvalue weighted by molar-refractivity contribution is 6.83. The fraction of sp³-hybridized carbons (Fsp3) is 0.778. The molecule has 1 aromatic carbocycles. The van der Waals surface area contributed by atoms with Gasteiger partial charge in [-0.2, -0.15) is 0 Å². The van der Waals surface area contributed by atoms with Gasteiger partial charge in [-0.1, -0.05) is 101 Å². The number of benzene rings is 1. The van der Waals surface area contributed by atoms with E-state index < -0.39 is 24.7 Å². The van der Waals surface area contributed by atoms with Gasteiger partial charge in [0.25, 0.3) is 0 Å². The van der Waals surface area contributed by atoms with E-state index in [1.54, 1.807) is 7.11 Å². The molecule has 8 heteroatoms. The Morgan fingerprint density at radius 2 is 1.39 bits per heavy atom. The summed E-state index contributed by atoms with van der Waals surface area (Å²) in [5.74, 6) is 4.49. The molecule has 0 spiro atoms. The smallest absolute Gasteiger partial charge is 0.201 e. The second-order valence-corrected chi connectivity index (χ2v) is 31.4. The Balaban J connectivity index is 2.59. The number of hydrogen-bond acceptors (Lipinski definition) is 5. The summed E-state index contributed by atoms with van der Waals surface area (Å²) < 4.78 is 33.8. The maximum Gasteiger partial charge on any atom is 0.201 e. The Kier molecular flexibility index (Phi) is 14.1. The van der Waals surface area contributed by atoms with Crippen molar-refractivity contribution in [3.8, 4) is 17.2 Å². The molecular weight excluding hydrogens is 597 g/mol. The third-order valence-corrected chi connectivity index (χ3v) is 21.5. The van der Waals surface area contributed by atoms with E-state index in [0.717, 1.165) is 11.3 Å². The summed E-state index contributed by atoms with van der Waals surface area (Å²) in [5.41, 5.74) is 6.07. The molecule has 0 aliphatic carbocycles. The zero-order valence-corrected chi connectivity index (χ0v) is 34.1. The molecule has 0 N–H and O–H groups in total. The van der Waals surface area contributed by atoms with Crippen LogP contribution in [-0.4, -0.2) is 62.8 Å². The standard InChI is InChI=1S/C36H66O5Si3/c1-26(2)44(27(3)4,28(5)6)41-35-32(18-17-23-42(12,13)14)40-33(25-39-43(15,16)36(8,9)10)29(7)34(35)38-24-30-19-21-31(37-11)22-20-30/h19-22,26-29,32-35H,18,24-25H2,1-16H3/t29-,32+,33-,34+,35+/m0/s1. The monoisotopic (exact) mass is 662 g/mol. The van der Waals surface area contributed by atoms with Crippen molar-refractivity contribution in [2.24, 2.45) is 5.92 Å². The van der Waals surface area contributed by atoms with Gasteiger partial charge in [-0.25, -0.2) is 0 Å². The first-order valence-corrected chi connectivity index (χ1v) is 25.4. The van der Waals surface area contributed by atoms with Gasteiger partial charge in [0, 0.05) is 12.3 Å². The lowest BCUT2D eigenvalue weighted by molar-refractivity contribution is -0.214. The van der Waals surface area contributed by atoms with Gasteiger partial charge in [-0.15, -0.1) is 11.5 Å². The normalized spacial score (nSPS) is 23.7. The van der Waals surface area contributed by atoms with E-state index in [9.17, 15) is 0 Å². The predicted molar refractivity (Wildman–Crippen MR) is 194 cm³/mol. The van der Waals surface area contributed by atoms with Crippen molar-refractivity contribution in [3.05, 3.63) is 29.8 Å². The number of methoxy groups -OCH3 is 1. The molecule has 0 aromatic heterocycles. The second kappa shape index (κ2) is 15.8. The molecule has 1 aliphatic rings. The SMILES string of the molecule is COc1ccc(CO[C@@H]2[C@@H](C)[C@H](CO[Si](C)(C)C(C)(C)C)O[C@H](CC#C[Si](C)(C)C)[C@H]2O[Si](C(C)C)(C(C)C)C(C)C)cc1. The van der Waals surface area contributed by atoms with Gasteiger partial charge in [-0.3, -0.25) is 0 Å². The highest BCUT2D eigenvalue weighted by Crippen LogP contribution is 2.46. The lowest BCUT2D eigenvalue weighted by Crippen LogP contribution is -2.62. The minimum Gasteiger partial charge on any atom is -0.497 e. The van der Waals surface area contributed by atoms with Crippen LogP contribution in [0.2, 0.25) is 54.4 Å². The molecule has 0 bridgehead atoms. The van der Waals surface area contributed by atoms with Crippen LogP contribution in [0.25, 0.3) is 0 Å². The van der Waals surface area contributed by atoms with Crippen LogP contribution in [0.4, 0.5) is 0 Å². The van der Waals surface area contributed by atoms with Crippen molar-refractivity contribution in [2.75, 3.05) is 13.7 Å². The highest BCUT2D eigenvalue weighted by atomic mass is 28.4. The quantitative estimate of drug-likeness (QED) is 0.155. The van der Waals surface area contributed by atoms with E-state index in [0.29, 0.717) is 36.3 Å². The summed E-state index contributed by atoms with van der Waals surface area (Å²) in [4.78, 5) is 0. The van der Waals surface area contributed by atoms with Gasteiger partial charge < -0.3 is 23.1 Å². The molecule has 1 fully saturated rings. The highest BCUT2D eigenvalue weighted by Gasteiger charge is 2.53. The molecule has 1 aliphatic heterocycles. The first kappa shape index (κ1) is 39.3. The van der Waals surface area contributed by atoms with E-state index in [1.807, 2.05) is 12.1 Å². The van der Waals surface area contributed by atoms with Crippen LogP contribution in [0.15, 0.2) is 24.3 Å². The zero-order valence-electron chi connectivity index (χ0n) is 31.1. The molecule has 0 unspecified atom stereocenters. The third-order valence-electron chi connectivity index (χ3n) is 9.97. The molecule has 1 heterocycles. The zero-order chi connectivity index (χ0) is 33.7. The summed E-state index contributed by atoms with van der Waals surface area (Å²) >= 11 is 0. The summed E-state index contributed by atoms with van der Waals surface area (Å²) in [7, 11) is -4.09. The number of hydrogen-bond donors (Lipinski definition) is 0. The number of rotatable bonds is 13. The third kappa shape index (κ3) is 10.0.